The van der Waals surface area contributed by atoms with Crippen molar-refractivity contribution in [3.05, 3.63) is 63.6 Å². The summed E-state index contributed by atoms with van der Waals surface area (Å²) < 4.78 is 0. The van der Waals surface area contributed by atoms with Gasteiger partial charge < -0.3 is 10.6 Å². The van der Waals surface area contributed by atoms with Crippen molar-refractivity contribution in [3.63, 3.8) is 0 Å². The molecule has 0 aliphatic heterocycles. The summed E-state index contributed by atoms with van der Waals surface area (Å²) >= 11 is 11.9. The second kappa shape index (κ2) is 7.63. The molecule has 1 amide bonds. The first kappa shape index (κ1) is 16.8. The van der Waals surface area contributed by atoms with Crippen molar-refractivity contribution in [2.45, 2.75) is 19.9 Å². The lowest BCUT2D eigenvalue weighted by molar-refractivity contribution is -0.115. The predicted octanol–water partition coefficient (Wildman–Crippen LogP) is 4.59. The van der Waals surface area contributed by atoms with Crippen LogP contribution in [0.2, 0.25) is 10.0 Å². The lowest BCUT2D eigenvalue weighted by atomic mass is 10.1. The fourth-order valence-corrected chi connectivity index (χ4v) is 2.30. The summed E-state index contributed by atoms with van der Waals surface area (Å²) in [6.07, 6.45) is 0. The first-order valence-electron chi connectivity index (χ1n) is 7.00. The van der Waals surface area contributed by atoms with Crippen LogP contribution in [0.5, 0.6) is 0 Å². The number of anilines is 1. The van der Waals surface area contributed by atoms with Crippen LogP contribution in [0.1, 0.15) is 24.1 Å². The van der Waals surface area contributed by atoms with E-state index in [0.717, 1.165) is 11.1 Å². The van der Waals surface area contributed by atoms with Crippen LogP contribution in [0.3, 0.4) is 0 Å². The van der Waals surface area contributed by atoms with Gasteiger partial charge in [0, 0.05) is 21.8 Å². The van der Waals surface area contributed by atoms with Gasteiger partial charge >= 0.3 is 0 Å². The number of nitrogens with one attached hydrogen (secondary N) is 2. The summed E-state index contributed by atoms with van der Waals surface area (Å²) in [4.78, 5) is 12.0. The molecule has 0 radical (unpaired) electrons. The highest BCUT2D eigenvalue weighted by Gasteiger charge is 2.08. The topological polar surface area (TPSA) is 41.1 Å². The van der Waals surface area contributed by atoms with Crippen molar-refractivity contribution in [1.29, 1.82) is 0 Å². The fourth-order valence-electron chi connectivity index (χ4n) is 1.99. The summed E-state index contributed by atoms with van der Waals surface area (Å²) in [6.45, 7) is 4.14. The number of carbonyl (C=O) groups is 1. The predicted molar refractivity (Wildman–Crippen MR) is 92.7 cm³/mol. The monoisotopic (exact) mass is 336 g/mol. The Labute approximate surface area is 140 Å². The van der Waals surface area contributed by atoms with Gasteiger partial charge in [-0.15, -0.1) is 0 Å². The normalized spacial score (nSPS) is 12.0. The van der Waals surface area contributed by atoms with Crippen LogP contribution < -0.4 is 10.6 Å². The lowest BCUT2D eigenvalue weighted by Crippen LogP contribution is -2.30. The number of hydrogen-bond donors (Lipinski definition) is 2. The first-order valence-corrected chi connectivity index (χ1v) is 7.76. The maximum atomic E-state index is 12.0. The number of carbonyl (C=O) groups excluding carboxylic acids is 1. The largest absolute Gasteiger partial charge is 0.325 e. The SMILES string of the molecule is Cc1ccc(NC(=O)CN[C@@H](C)c2ccc(Cl)cc2)cc1Cl. The van der Waals surface area contributed by atoms with Crippen LogP contribution in [0.15, 0.2) is 42.5 Å². The Morgan fingerprint density at radius 2 is 1.82 bits per heavy atom. The van der Waals surface area contributed by atoms with Gasteiger partial charge in [-0.3, -0.25) is 4.79 Å². The molecule has 116 valence electrons. The second-order valence-corrected chi connectivity index (χ2v) is 6.01. The highest BCUT2D eigenvalue weighted by atomic mass is 35.5. The van der Waals surface area contributed by atoms with Gasteiger partial charge in [-0.2, -0.15) is 0 Å². The third-order valence-electron chi connectivity index (χ3n) is 3.39. The molecule has 0 spiro atoms. The summed E-state index contributed by atoms with van der Waals surface area (Å²) in [5, 5.41) is 7.33. The molecule has 5 heteroatoms. The lowest BCUT2D eigenvalue weighted by Gasteiger charge is -2.14. The van der Waals surface area contributed by atoms with E-state index in [4.69, 9.17) is 23.2 Å². The molecule has 22 heavy (non-hydrogen) atoms. The maximum absolute atomic E-state index is 12.0. The van der Waals surface area contributed by atoms with Crippen molar-refractivity contribution in [2.75, 3.05) is 11.9 Å². The molecule has 0 saturated heterocycles. The zero-order valence-corrected chi connectivity index (χ0v) is 14.0. The molecule has 0 fully saturated rings. The van der Waals surface area contributed by atoms with Crippen LogP contribution in [-0.4, -0.2) is 12.5 Å². The smallest absolute Gasteiger partial charge is 0.238 e. The Hall–Kier alpha value is -1.55. The Kier molecular flexibility index (Phi) is 5.83. The number of rotatable bonds is 5. The zero-order chi connectivity index (χ0) is 16.1. The molecule has 3 nitrogen and oxygen atoms in total. The summed E-state index contributed by atoms with van der Waals surface area (Å²) in [6, 6.07) is 13.1. The van der Waals surface area contributed by atoms with Crippen molar-refractivity contribution in [3.8, 4) is 0 Å². The highest BCUT2D eigenvalue weighted by Crippen LogP contribution is 2.20. The minimum absolute atomic E-state index is 0.0598. The van der Waals surface area contributed by atoms with Crippen molar-refractivity contribution >= 4 is 34.8 Å². The number of halogens is 2. The van der Waals surface area contributed by atoms with E-state index in [0.29, 0.717) is 15.7 Å². The number of benzene rings is 2. The van der Waals surface area contributed by atoms with Gasteiger partial charge in [0.05, 0.1) is 6.54 Å². The van der Waals surface area contributed by atoms with E-state index in [1.54, 1.807) is 6.07 Å². The molecule has 1 atom stereocenters. The van der Waals surface area contributed by atoms with E-state index in [9.17, 15) is 4.79 Å². The van der Waals surface area contributed by atoms with Gasteiger partial charge in [0.15, 0.2) is 0 Å². The Bertz CT molecular complexity index is 656. The third kappa shape index (κ3) is 4.73. The van der Waals surface area contributed by atoms with Gasteiger partial charge in [-0.05, 0) is 49.2 Å². The van der Waals surface area contributed by atoms with E-state index in [1.165, 1.54) is 0 Å². The number of hydrogen-bond acceptors (Lipinski definition) is 2. The van der Waals surface area contributed by atoms with E-state index in [1.807, 2.05) is 50.2 Å². The van der Waals surface area contributed by atoms with Crippen LogP contribution in [0, 0.1) is 6.92 Å². The molecule has 0 aliphatic rings. The molecule has 2 N–H and O–H groups in total. The summed E-state index contributed by atoms with van der Waals surface area (Å²) in [5.74, 6) is -0.110. The molecule has 0 aliphatic carbocycles. The van der Waals surface area contributed by atoms with E-state index in [2.05, 4.69) is 10.6 Å². The average molecular weight is 337 g/mol. The Balaban J connectivity index is 1.86. The van der Waals surface area contributed by atoms with Crippen LogP contribution in [-0.2, 0) is 4.79 Å². The summed E-state index contributed by atoms with van der Waals surface area (Å²) in [7, 11) is 0. The third-order valence-corrected chi connectivity index (χ3v) is 4.05. The van der Waals surface area contributed by atoms with Crippen molar-refractivity contribution < 1.29 is 4.79 Å². The molecule has 0 heterocycles. The van der Waals surface area contributed by atoms with Gasteiger partial charge in [0.2, 0.25) is 5.91 Å². The highest BCUT2D eigenvalue weighted by molar-refractivity contribution is 6.31. The molecule has 2 aromatic rings. The van der Waals surface area contributed by atoms with E-state index >= 15 is 0 Å². The molecule has 0 aromatic heterocycles. The summed E-state index contributed by atoms with van der Waals surface area (Å²) in [5.41, 5.74) is 2.76. The zero-order valence-electron chi connectivity index (χ0n) is 12.5. The van der Waals surface area contributed by atoms with Crippen LogP contribution in [0.25, 0.3) is 0 Å². The maximum Gasteiger partial charge on any atom is 0.238 e. The Morgan fingerprint density at radius 3 is 2.45 bits per heavy atom. The second-order valence-electron chi connectivity index (χ2n) is 5.17. The standard InChI is InChI=1S/C17H18Cl2N2O/c1-11-3-8-15(9-16(11)19)21-17(22)10-20-12(2)13-4-6-14(18)7-5-13/h3-9,12,20H,10H2,1-2H3,(H,21,22)/t12-/m0/s1. The van der Waals surface area contributed by atoms with Gasteiger partial charge in [-0.1, -0.05) is 41.4 Å². The molecule has 0 saturated carbocycles. The van der Waals surface area contributed by atoms with E-state index < -0.39 is 0 Å². The number of amides is 1. The van der Waals surface area contributed by atoms with Crippen LogP contribution >= 0.6 is 23.2 Å². The quantitative estimate of drug-likeness (QED) is 0.838. The minimum Gasteiger partial charge on any atom is -0.325 e. The van der Waals surface area contributed by atoms with E-state index in [-0.39, 0.29) is 18.5 Å². The van der Waals surface area contributed by atoms with Gasteiger partial charge in [0.25, 0.3) is 0 Å². The Morgan fingerprint density at radius 1 is 1.14 bits per heavy atom. The van der Waals surface area contributed by atoms with Gasteiger partial charge in [0.1, 0.15) is 0 Å². The van der Waals surface area contributed by atoms with Crippen molar-refractivity contribution in [2.24, 2.45) is 0 Å². The molecule has 0 bridgehead atoms. The molecule has 0 unspecified atom stereocenters. The average Bonchev–Trinajstić information content (AvgIpc) is 2.49. The number of aryl methyl sites for hydroxylation is 1. The minimum atomic E-state index is -0.110. The molecular formula is C17H18Cl2N2O. The molecule has 2 rings (SSSR count). The van der Waals surface area contributed by atoms with Crippen molar-refractivity contribution in [1.82, 2.24) is 5.32 Å². The first-order chi connectivity index (χ1) is 10.5. The molecular weight excluding hydrogens is 319 g/mol. The molecule has 2 aromatic carbocycles. The fraction of sp³-hybridized carbons (Fsp3) is 0.235. The van der Waals surface area contributed by atoms with Gasteiger partial charge in [-0.25, -0.2) is 0 Å². The van der Waals surface area contributed by atoms with Crippen LogP contribution in [0.4, 0.5) is 5.69 Å².